The normalized spacial score (nSPS) is 9.43. The van der Waals surface area contributed by atoms with Gasteiger partial charge in [0, 0.05) is 14.1 Å². The van der Waals surface area contributed by atoms with Gasteiger partial charge in [-0.15, -0.1) is 0 Å². The van der Waals surface area contributed by atoms with Gasteiger partial charge in [-0.2, -0.15) is 0 Å². The molecule has 0 radical (unpaired) electrons. The van der Waals surface area contributed by atoms with Gasteiger partial charge >= 0.3 is 0 Å². The van der Waals surface area contributed by atoms with Crippen LogP contribution in [-0.2, 0) is 4.79 Å². The van der Waals surface area contributed by atoms with Gasteiger partial charge in [-0.3, -0.25) is 4.79 Å². The Hall–Kier alpha value is -0.860. The summed E-state index contributed by atoms with van der Waals surface area (Å²) in [6.07, 6.45) is 1.94. The molecule has 0 heterocycles. The van der Waals surface area contributed by atoms with Gasteiger partial charge in [-0.05, 0) is 0 Å². The molecule has 0 rings (SSSR count). The highest BCUT2D eigenvalue weighted by Gasteiger charge is 1.70. The lowest BCUT2D eigenvalue weighted by atomic mass is 10.9. The van der Waals surface area contributed by atoms with Crippen molar-refractivity contribution in [3.05, 3.63) is 0 Å². The third-order valence-corrected chi connectivity index (χ3v) is 0.358. The van der Waals surface area contributed by atoms with Gasteiger partial charge < -0.3 is 4.90 Å². The smallest absolute Gasteiger partial charge is 0.234 e. The Morgan fingerprint density at radius 3 is 2.29 bits per heavy atom. The Morgan fingerprint density at radius 2 is 2.14 bits per heavy atom. The topological polar surface area (TPSA) is 32.7 Å². The van der Waals surface area contributed by atoms with Crippen LogP contribution in [-0.4, -0.2) is 31.7 Å². The second-order valence-electron chi connectivity index (χ2n) is 1.33. The first-order valence-corrected chi connectivity index (χ1v) is 1.90. The van der Waals surface area contributed by atoms with Crippen molar-refractivity contribution < 1.29 is 4.79 Å². The molecule has 3 heteroatoms. The average molecular weight is 100 g/mol. The maximum absolute atomic E-state index is 9.48. The van der Waals surface area contributed by atoms with Crippen molar-refractivity contribution in [2.45, 2.75) is 0 Å². The summed E-state index contributed by atoms with van der Waals surface area (Å²) in [5.41, 5.74) is 0. The van der Waals surface area contributed by atoms with Crippen LogP contribution in [0.5, 0.6) is 0 Å². The number of carbonyl (C=O) groups is 1. The van der Waals surface area contributed by atoms with Crippen molar-refractivity contribution in [2.24, 2.45) is 4.99 Å². The molecule has 0 aromatic rings. The molecule has 7 heavy (non-hydrogen) atoms. The molecule has 0 aliphatic carbocycles. The Bertz CT molecular complexity index is 77.8. The first kappa shape index (κ1) is 6.14. The highest BCUT2D eigenvalue weighted by molar-refractivity contribution is 5.67. The number of hydrogen-bond acceptors (Lipinski definition) is 1. The summed E-state index contributed by atoms with van der Waals surface area (Å²) in [5, 5.41) is 0. The summed E-state index contributed by atoms with van der Waals surface area (Å²) in [6.45, 7) is 0. The van der Waals surface area contributed by atoms with Gasteiger partial charge in [0.1, 0.15) is 0 Å². The molecule has 0 atom stereocenters. The van der Waals surface area contributed by atoms with E-state index in [0.29, 0.717) is 6.41 Å². The van der Waals surface area contributed by atoms with E-state index in [1.165, 1.54) is 6.34 Å². The molecule has 0 aliphatic heterocycles. The molecule has 0 saturated carbocycles. The van der Waals surface area contributed by atoms with Crippen LogP contribution in [0.2, 0.25) is 0 Å². The number of carbonyl (C=O) groups excluding carboxylic acids is 1. The summed E-state index contributed by atoms with van der Waals surface area (Å²) in [4.78, 5) is 14.5. The maximum Gasteiger partial charge on any atom is 0.234 e. The Morgan fingerprint density at radius 1 is 1.57 bits per heavy atom. The highest BCUT2D eigenvalue weighted by atomic mass is 16.1. The van der Waals surface area contributed by atoms with Crippen LogP contribution >= 0.6 is 0 Å². The first-order chi connectivity index (χ1) is 3.27. The summed E-state index contributed by atoms with van der Waals surface area (Å²) in [7, 11) is 3.60. The van der Waals surface area contributed by atoms with Gasteiger partial charge in [0.25, 0.3) is 0 Å². The molecular weight excluding hydrogens is 92.1 g/mol. The van der Waals surface area contributed by atoms with Gasteiger partial charge in [0.2, 0.25) is 6.41 Å². The largest absolute Gasteiger partial charge is 0.369 e. The zero-order chi connectivity index (χ0) is 5.70. The predicted octanol–water partition coefficient (Wildman–Crippen LogP) is -0.267. The van der Waals surface area contributed by atoms with Crippen LogP contribution in [0.4, 0.5) is 0 Å². The number of rotatable bonds is 2. The molecule has 0 aromatic heterocycles. The lowest BCUT2D eigenvalue weighted by Gasteiger charge is -1.98. The zero-order valence-electron chi connectivity index (χ0n) is 4.46. The van der Waals surface area contributed by atoms with Crippen LogP contribution in [0.1, 0.15) is 0 Å². The molecule has 0 fully saturated rings. The molecule has 3 nitrogen and oxygen atoms in total. The van der Waals surface area contributed by atoms with E-state index < -0.39 is 0 Å². The lowest BCUT2D eigenvalue weighted by Crippen LogP contribution is -2.07. The Labute approximate surface area is 42.7 Å². The molecular formula is C4H8N2O. The summed E-state index contributed by atoms with van der Waals surface area (Å²) < 4.78 is 0. The Balaban J connectivity index is 3.25. The summed E-state index contributed by atoms with van der Waals surface area (Å²) >= 11 is 0. The van der Waals surface area contributed by atoms with Crippen LogP contribution in [0, 0.1) is 0 Å². The van der Waals surface area contributed by atoms with E-state index in [1.807, 2.05) is 0 Å². The second kappa shape index (κ2) is 3.33. The van der Waals surface area contributed by atoms with Crippen molar-refractivity contribution in [1.29, 1.82) is 0 Å². The van der Waals surface area contributed by atoms with Gasteiger partial charge in [-0.25, -0.2) is 4.99 Å². The van der Waals surface area contributed by atoms with Crippen LogP contribution < -0.4 is 0 Å². The third-order valence-electron chi connectivity index (χ3n) is 0.358. The fourth-order valence-corrected chi connectivity index (χ4v) is 0.161. The molecule has 0 aromatic carbocycles. The van der Waals surface area contributed by atoms with Crippen LogP contribution in [0.25, 0.3) is 0 Å². The fourth-order valence-electron chi connectivity index (χ4n) is 0.161. The van der Waals surface area contributed by atoms with Gasteiger partial charge in [0.05, 0.1) is 6.34 Å². The van der Waals surface area contributed by atoms with E-state index in [2.05, 4.69) is 4.99 Å². The summed E-state index contributed by atoms with van der Waals surface area (Å²) in [6, 6.07) is 0. The standard InChI is InChI=1S/C4H8N2O/c1-6(2)3-5-4-7/h3-4H,1-2H3. The number of amides is 1. The average Bonchev–Trinajstić information content (AvgIpc) is 1.61. The fraction of sp³-hybridized carbons (Fsp3) is 0.500. The van der Waals surface area contributed by atoms with E-state index in [-0.39, 0.29) is 0 Å². The number of nitrogens with zero attached hydrogens (tertiary/aromatic N) is 2. The molecule has 0 unspecified atom stereocenters. The van der Waals surface area contributed by atoms with Gasteiger partial charge in [0.15, 0.2) is 0 Å². The van der Waals surface area contributed by atoms with E-state index in [1.54, 1.807) is 19.0 Å². The van der Waals surface area contributed by atoms with Crippen molar-refractivity contribution in [1.82, 2.24) is 4.90 Å². The van der Waals surface area contributed by atoms with Crippen molar-refractivity contribution in [3.63, 3.8) is 0 Å². The van der Waals surface area contributed by atoms with Crippen molar-refractivity contribution >= 4 is 12.7 Å². The first-order valence-electron chi connectivity index (χ1n) is 1.90. The quantitative estimate of drug-likeness (QED) is 0.272. The monoisotopic (exact) mass is 100 g/mol. The van der Waals surface area contributed by atoms with E-state index in [9.17, 15) is 4.79 Å². The summed E-state index contributed by atoms with van der Waals surface area (Å²) in [5.74, 6) is 0. The Kier molecular flexibility index (Phi) is 2.92. The lowest BCUT2D eigenvalue weighted by molar-refractivity contribution is -0.106. The van der Waals surface area contributed by atoms with Crippen LogP contribution in [0.15, 0.2) is 4.99 Å². The molecule has 0 N–H and O–H groups in total. The molecule has 0 spiro atoms. The molecule has 0 bridgehead atoms. The molecule has 0 saturated heterocycles. The van der Waals surface area contributed by atoms with E-state index in [0.717, 1.165) is 0 Å². The van der Waals surface area contributed by atoms with E-state index in [4.69, 9.17) is 0 Å². The third kappa shape index (κ3) is 5.14. The number of hydrogen-bond donors (Lipinski definition) is 0. The highest BCUT2D eigenvalue weighted by Crippen LogP contribution is 1.60. The van der Waals surface area contributed by atoms with Crippen molar-refractivity contribution in [2.75, 3.05) is 14.1 Å². The minimum Gasteiger partial charge on any atom is -0.369 e. The maximum atomic E-state index is 9.48. The molecule has 0 aliphatic rings. The van der Waals surface area contributed by atoms with Crippen LogP contribution in [0.3, 0.4) is 0 Å². The molecule has 1 amide bonds. The molecule has 40 valence electrons. The van der Waals surface area contributed by atoms with E-state index >= 15 is 0 Å². The predicted molar refractivity (Wildman–Crippen MR) is 28.2 cm³/mol. The van der Waals surface area contributed by atoms with Gasteiger partial charge in [-0.1, -0.05) is 0 Å². The minimum atomic E-state index is 0.500. The van der Waals surface area contributed by atoms with Crippen molar-refractivity contribution in [3.8, 4) is 0 Å². The number of aliphatic imine (C=N–C) groups is 1. The minimum absolute atomic E-state index is 0.500. The zero-order valence-corrected chi connectivity index (χ0v) is 4.46. The second-order valence-corrected chi connectivity index (χ2v) is 1.33. The SMILES string of the molecule is CN(C)C=NC=O.